The molecule has 0 aliphatic carbocycles. The molecule has 2 aromatic carbocycles. The van der Waals surface area contributed by atoms with Gasteiger partial charge in [-0.2, -0.15) is 0 Å². The van der Waals surface area contributed by atoms with E-state index in [4.69, 9.17) is 10.5 Å². The van der Waals surface area contributed by atoms with Gasteiger partial charge in [0.1, 0.15) is 5.75 Å². The summed E-state index contributed by atoms with van der Waals surface area (Å²) in [7, 11) is 1.65. The molecule has 0 radical (unpaired) electrons. The Labute approximate surface area is 149 Å². The number of methoxy groups -OCH3 is 1. The Morgan fingerprint density at radius 2 is 2.08 bits per heavy atom. The Morgan fingerprint density at radius 1 is 1.32 bits per heavy atom. The number of rotatable bonds is 4. The summed E-state index contributed by atoms with van der Waals surface area (Å²) in [6.45, 7) is 4.92. The summed E-state index contributed by atoms with van der Waals surface area (Å²) in [4.78, 5) is 14.9. The molecule has 1 aliphatic heterocycles. The van der Waals surface area contributed by atoms with Crippen LogP contribution in [0.25, 0.3) is 0 Å². The Bertz CT molecular complexity index is 772. The Hall–Kier alpha value is -2.33. The zero-order valence-electron chi connectivity index (χ0n) is 15.2. The summed E-state index contributed by atoms with van der Waals surface area (Å²) < 4.78 is 5.24. The van der Waals surface area contributed by atoms with Crippen LogP contribution in [-0.2, 0) is 17.6 Å². The zero-order chi connectivity index (χ0) is 18.0. The first kappa shape index (κ1) is 17.5. The SMILES string of the molecule is COc1ccc(CC(N)C(=O)N2CC(C)Cc3ccccc32)c(C)c1. The first-order valence-corrected chi connectivity index (χ1v) is 8.78. The molecule has 2 N–H and O–H groups in total. The molecule has 4 heteroatoms. The Morgan fingerprint density at radius 3 is 2.80 bits per heavy atom. The minimum atomic E-state index is -0.551. The van der Waals surface area contributed by atoms with Gasteiger partial charge in [-0.25, -0.2) is 0 Å². The van der Waals surface area contributed by atoms with E-state index in [1.165, 1.54) is 5.56 Å². The predicted octanol–water partition coefficient (Wildman–Crippen LogP) is 3.10. The van der Waals surface area contributed by atoms with Gasteiger partial charge in [-0.3, -0.25) is 4.79 Å². The number of fused-ring (bicyclic) bond motifs is 1. The lowest BCUT2D eigenvalue weighted by molar-refractivity contribution is -0.120. The maximum Gasteiger partial charge on any atom is 0.244 e. The number of ether oxygens (including phenoxy) is 1. The number of nitrogens with zero attached hydrogens (tertiary/aromatic N) is 1. The highest BCUT2D eigenvalue weighted by molar-refractivity contribution is 5.98. The number of carbonyl (C=O) groups is 1. The molecule has 0 bridgehead atoms. The third kappa shape index (κ3) is 3.69. The molecule has 0 aromatic heterocycles. The molecule has 0 spiro atoms. The van der Waals surface area contributed by atoms with E-state index in [1.807, 2.05) is 48.2 Å². The molecule has 1 heterocycles. The molecule has 0 fully saturated rings. The van der Waals surface area contributed by atoms with Gasteiger partial charge < -0.3 is 15.4 Å². The topological polar surface area (TPSA) is 55.6 Å². The first-order valence-electron chi connectivity index (χ1n) is 8.78. The largest absolute Gasteiger partial charge is 0.497 e. The molecule has 25 heavy (non-hydrogen) atoms. The van der Waals surface area contributed by atoms with Gasteiger partial charge in [-0.05, 0) is 60.6 Å². The van der Waals surface area contributed by atoms with Crippen molar-refractivity contribution in [3.8, 4) is 5.75 Å². The number of carbonyl (C=O) groups excluding carboxylic acids is 1. The van der Waals surface area contributed by atoms with Crippen LogP contribution in [0.1, 0.15) is 23.6 Å². The van der Waals surface area contributed by atoms with Gasteiger partial charge in [-0.15, -0.1) is 0 Å². The lowest BCUT2D eigenvalue weighted by Crippen LogP contribution is -2.48. The second-order valence-corrected chi connectivity index (χ2v) is 6.99. The fourth-order valence-corrected chi connectivity index (χ4v) is 3.55. The smallest absolute Gasteiger partial charge is 0.244 e. The van der Waals surface area contributed by atoms with E-state index in [0.717, 1.165) is 35.5 Å². The molecular formula is C21H26N2O2. The predicted molar refractivity (Wildman–Crippen MR) is 101 cm³/mol. The fourth-order valence-electron chi connectivity index (χ4n) is 3.55. The Kier molecular flexibility index (Phi) is 5.09. The maximum absolute atomic E-state index is 13.0. The molecule has 3 rings (SSSR count). The molecule has 4 nitrogen and oxygen atoms in total. The summed E-state index contributed by atoms with van der Waals surface area (Å²) in [5.41, 5.74) is 10.7. The van der Waals surface area contributed by atoms with E-state index in [2.05, 4.69) is 13.0 Å². The highest BCUT2D eigenvalue weighted by atomic mass is 16.5. The lowest BCUT2D eigenvalue weighted by Gasteiger charge is -2.34. The van der Waals surface area contributed by atoms with E-state index in [1.54, 1.807) is 7.11 Å². The average Bonchev–Trinajstić information content (AvgIpc) is 2.61. The monoisotopic (exact) mass is 338 g/mol. The summed E-state index contributed by atoms with van der Waals surface area (Å²) >= 11 is 0. The van der Waals surface area contributed by atoms with Crippen LogP contribution in [0.5, 0.6) is 5.75 Å². The summed E-state index contributed by atoms with van der Waals surface area (Å²) in [6, 6.07) is 13.5. The van der Waals surface area contributed by atoms with Crippen LogP contribution in [0, 0.1) is 12.8 Å². The molecule has 1 amide bonds. The van der Waals surface area contributed by atoms with E-state index < -0.39 is 6.04 Å². The average molecular weight is 338 g/mol. The number of anilines is 1. The van der Waals surface area contributed by atoms with Crippen LogP contribution >= 0.6 is 0 Å². The van der Waals surface area contributed by atoms with Crippen molar-refractivity contribution in [3.63, 3.8) is 0 Å². The van der Waals surface area contributed by atoms with Crippen molar-refractivity contribution >= 4 is 11.6 Å². The Balaban J connectivity index is 1.79. The van der Waals surface area contributed by atoms with Gasteiger partial charge in [-0.1, -0.05) is 31.2 Å². The third-order valence-corrected chi connectivity index (χ3v) is 4.92. The highest BCUT2D eigenvalue weighted by Crippen LogP contribution is 2.30. The molecular weight excluding hydrogens is 312 g/mol. The molecule has 2 unspecified atom stereocenters. The normalized spacial score (nSPS) is 17.8. The van der Waals surface area contributed by atoms with Crippen molar-refractivity contribution < 1.29 is 9.53 Å². The third-order valence-electron chi connectivity index (χ3n) is 4.92. The van der Waals surface area contributed by atoms with Gasteiger partial charge in [0.15, 0.2) is 0 Å². The van der Waals surface area contributed by atoms with Crippen LogP contribution in [-0.4, -0.2) is 25.6 Å². The van der Waals surface area contributed by atoms with Crippen LogP contribution in [0.15, 0.2) is 42.5 Å². The number of hydrogen-bond acceptors (Lipinski definition) is 3. The van der Waals surface area contributed by atoms with Crippen molar-refractivity contribution in [2.24, 2.45) is 11.7 Å². The lowest BCUT2D eigenvalue weighted by atomic mass is 9.92. The number of hydrogen-bond donors (Lipinski definition) is 1. The van der Waals surface area contributed by atoms with Crippen LogP contribution in [0.2, 0.25) is 0 Å². The molecule has 1 aliphatic rings. The van der Waals surface area contributed by atoms with E-state index in [9.17, 15) is 4.79 Å². The van der Waals surface area contributed by atoms with Gasteiger partial charge in [0.05, 0.1) is 13.2 Å². The number of nitrogens with two attached hydrogens (primary N) is 1. The van der Waals surface area contributed by atoms with Crippen molar-refractivity contribution in [2.45, 2.75) is 32.7 Å². The van der Waals surface area contributed by atoms with Crippen molar-refractivity contribution in [3.05, 3.63) is 59.2 Å². The van der Waals surface area contributed by atoms with Gasteiger partial charge in [0, 0.05) is 12.2 Å². The summed E-state index contributed by atoms with van der Waals surface area (Å²) in [6.07, 6.45) is 1.54. The second-order valence-electron chi connectivity index (χ2n) is 6.99. The number of benzene rings is 2. The van der Waals surface area contributed by atoms with Crippen molar-refractivity contribution in [2.75, 3.05) is 18.6 Å². The minimum absolute atomic E-state index is 0.00535. The summed E-state index contributed by atoms with van der Waals surface area (Å²) in [5.74, 6) is 1.25. The maximum atomic E-state index is 13.0. The standard InChI is InChI=1S/C21H26N2O2/c1-14-10-17-6-4-5-7-20(17)23(13-14)21(24)19(22)12-16-8-9-18(25-3)11-15(16)2/h4-9,11,14,19H,10,12-13,22H2,1-3H3. The van der Waals surface area contributed by atoms with Crippen molar-refractivity contribution in [1.29, 1.82) is 0 Å². The van der Waals surface area contributed by atoms with Gasteiger partial charge >= 0.3 is 0 Å². The van der Waals surface area contributed by atoms with Crippen LogP contribution < -0.4 is 15.4 Å². The molecule has 2 aromatic rings. The van der Waals surface area contributed by atoms with E-state index in [0.29, 0.717) is 12.3 Å². The zero-order valence-corrected chi connectivity index (χ0v) is 15.2. The molecule has 132 valence electrons. The van der Waals surface area contributed by atoms with Crippen LogP contribution in [0.4, 0.5) is 5.69 Å². The molecule has 2 atom stereocenters. The molecule has 0 saturated heterocycles. The van der Waals surface area contributed by atoms with Crippen molar-refractivity contribution in [1.82, 2.24) is 0 Å². The molecule has 0 saturated carbocycles. The van der Waals surface area contributed by atoms with Gasteiger partial charge in [0.2, 0.25) is 5.91 Å². The quantitative estimate of drug-likeness (QED) is 0.932. The van der Waals surface area contributed by atoms with E-state index >= 15 is 0 Å². The first-order chi connectivity index (χ1) is 12.0. The fraction of sp³-hybridized carbons (Fsp3) is 0.381. The summed E-state index contributed by atoms with van der Waals surface area (Å²) in [5, 5.41) is 0. The van der Waals surface area contributed by atoms with Crippen LogP contribution in [0.3, 0.4) is 0 Å². The highest BCUT2D eigenvalue weighted by Gasteiger charge is 2.29. The second kappa shape index (κ2) is 7.28. The number of aryl methyl sites for hydroxylation is 1. The number of amides is 1. The number of para-hydroxylation sites is 1. The van der Waals surface area contributed by atoms with E-state index in [-0.39, 0.29) is 5.91 Å². The minimum Gasteiger partial charge on any atom is -0.497 e. The van der Waals surface area contributed by atoms with Gasteiger partial charge in [0.25, 0.3) is 0 Å².